The lowest BCUT2D eigenvalue weighted by Crippen LogP contribution is -2.56. The summed E-state index contributed by atoms with van der Waals surface area (Å²) in [5.41, 5.74) is -0.925. The monoisotopic (exact) mass is 514 g/mol. The van der Waals surface area contributed by atoms with E-state index in [9.17, 15) is 18.7 Å². The Kier molecular flexibility index (Phi) is 6.97. The number of alkyl halides is 2. The Bertz CT molecular complexity index is 1110. The standard InChI is InChI=1S/C24H26ClF3N2O5/c1-24(2,3)35-23(32)30-8-7-29-10-13-9-17(34-22(27)28)19(18-15(25)5-4-6-16(18)31)20(26)21(13)33-12-14(29)11-30/h4-6,9,14,22,31H,7-8,10-12H2,1-3H3/t14-/m1/s1. The van der Waals surface area contributed by atoms with Crippen LogP contribution in [0, 0.1) is 5.82 Å². The molecular formula is C24H26ClF3N2O5. The van der Waals surface area contributed by atoms with E-state index in [4.69, 9.17) is 21.1 Å². The maximum atomic E-state index is 15.8. The van der Waals surface area contributed by atoms with Crippen LogP contribution < -0.4 is 9.47 Å². The highest BCUT2D eigenvalue weighted by Crippen LogP contribution is 2.47. The number of rotatable bonds is 3. The second kappa shape index (κ2) is 9.66. The Labute approximate surface area is 205 Å². The first-order valence-electron chi connectivity index (χ1n) is 11.1. The van der Waals surface area contributed by atoms with Crippen LogP contribution in [0.4, 0.5) is 18.0 Å². The summed E-state index contributed by atoms with van der Waals surface area (Å²) in [6.07, 6.45) is -0.450. The lowest BCUT2D eigenvalue weighted by Gasteiger charge is -2.40. The molecule has 0 radical (unpaired) electrons. The number of hydrogen-bond acceptors (Lipinski definition) is 6. The van der Waals surface area contributed by atoms with E-state index in [0.29, 0.717) is 25.2 Å². The topological polar surface area (TPSA) is 71.5 Å². The molecule has 2 aliphatic heterocycles. The molecule has 0 aromatic heterocycles. The molecule has 0 unspecified atom stereocenters. The molecule has 2 aromatic carbocycles. The summed E-state index contributed by atoms with van der Waals surface area (Å²) < 4.78 is 58.2. The van der Waals surface area contributed by atoms with Crippen molar-refractivity contribution in [3.05, 3.63) is 40.7 Å². The van der Waals surface area contributed by atoms with Gasteiger partial charge in [0.1, 0.15) is 23.7 Å². The van der Waals surface area contributed by atoms with Gasteiger partial charge in [0.05, 0.1) is 16.6 Å². The van der Waals surface area contributed by atoms with Crippen molar-refractivity contribution in [2.45, 2.75) is 45.6 Å². The summed E-state index contributed by atoms with van der Waals surface area (Å²) in [5.74, 6) is -1.96. The van der Waals surface area contributed by atoms with Crippen LogP contribution in [0.2, 0.25) is 5.02 Å². The highest BCUT2D eigenvalue weighted by Gasteiger charge is 2.36. The van der Waals surface area contributed by atoms with E-state index >= 15 is 4.39 Å². The maximum absolute atomic E-state index is 15.8. The molecule has 1 amide bonds. The number of nitrogens with zero attached hydrogens (tertiary/aromatic N) is 2. The average Bonchev–Trinajstić information content (AvgIpc) is 2.92. The number of fused-ring (bicyclic) bond motifs is 2. The number of halogens is 4. The number of piperazine rings is 1. The van der Waals surface area contributed by atoms with Gasteiger partial charge in [0.2, 0.25) is 0 Å². The lowest BCUT2D eigenvalue weighted by molar-refractivity contribution is -0.0496. The summed E-state index contributed by atoms with van der Waals surface area (Å²) in [6.45, 7) is 3.48. The normalized spacial score (nSPS) is 18.4. The fourth-order valence-corrected chi connectivity index (χ4v) is 4.53. The number of amides is 1. The zero-order chi connectivity index (χ0) is 25.5. The number of aromatic hydroxyl groups is 1. The van der Waals surface area contributed by atoms with Crippen molar-refractivity contribution in [1.29, 1.82) is 0 Å². The van der Waals surface area contributed by atoms with E-state index in [1.165, 1.54) is 24.3 Å². The summed E-state index contributed by atoms with van der Waals surface area (Å²) in [4.78, 5) is 16.1. The van der Waals surface area contributed by atoms with Gasteiger partial charge in [-0.15, -0.1) is 0 Å². The van der Waals surface area contributed by atoms with Crippen LogP contribution in [0.1, 0.15) is 26.3 Å². The molecule has 1 fully saturated rings. The van der Waals surface area contributed by atoms with Crippen molar-refractivity contribution in [2.24, 2.45) is 0 Å². The Morgan fingerprint density at radius 1 is 1.26 bits per heavy atom. The van der Waals surface area contributed by atoms with Crippen LogP contribution in [-0.2, 0) is 11.3 Å². The third-order valence-corrected chi connectivity index (χ3v) is 6.08. The van der Waals surface area contributed by atoms with Crippen LogP contribution in [0.15, 0.2) is 24.3 Å². The fourth-order valence-electron chi connectivity index (χ4n) is 4.26. The largest absolute Gasteiger partial charge is 0.507 e. The van der Waals surface area contributed by atoms with Crippen LogP contribution in [0.25, 0.3) is 11.1 Å². The Hall–Kier alpha value is -2.85. The van der Waals surface area contributed by atoms with Crippen molar-refractivity contribution in [2.75, 3.05) is 26.2 Å². The minimum Gasteiger partial charge on any atom is -0.507 e. The van der Waals surface area contributed by atoms with Gasteiger partial charge in [-0.2, -0.15) is 8.78 Å². The van der Waals surface area contributed by atoms with Crippen LogP contribution in [0.3, 0.4) is 0 Å². The number of hydrogen-bond donors (Lipinski definition) is 1. The van der Waals surface area contributed by atoms with Gasteiger partial charge in [-0.05, 0) is 39.0 Å². The zero-order valence-electron chi connectivity index (χ0n) is 19.5. The molecule has 2 heterocycles. The van der Waals surface area contributed by atoms with Gasteiger partial charge < -0.3 is 24.2 Å². The van der Waals surface area contributed by atoms with Crippen molar-refractivity contribution in [3.8, 4) is 28.4 Å². The summed E-state index contributed by atoms with van der Waals surface area (Å²) >= 11 is 6.18. The summed E-state index contributed by atoms with van der Waals surface area (Å²) in [6, 6.07) is 5.12. The number of ether oxygens (including phenoxy) is 3. The van der Waals surface area contributed by atoms with Gasteiger partial charge in [0, 0.05) is 37.3 Å². The van der Waals surface area contributed by atoms with Gasteiger partial charge in [0.15, 0.2) is 11.6 Å². The Morgan fingerprint density at radius 3 is 2.66 bits per heavy atom. The van der Waals surface area contributed by atoms with Gasteiger partial charge in [-0.3, -0.25) is 4.90 Å². The summed E-state index contributed by atoms with van der Waals surface area (Å²) in [7, 11) is 0. The number of benzene rings is 2. The Morgan fingerprint density at radius 2 is 2.00 bits per heavy atom. The number of carbonyl (C=O) groups is 1. The SMILES string of the molecule is CC(C)(C)OC(=O)N1CCN2Cc3cc(OC(F)F)c(-c4c(O)cccc4Cl)c(F)c3OC[C@H]2C1. The smallest absolute Gasteiger partial charge is 0.410 e. The van der Waals surface area contributed by atoms with E-state index < -0.39 is 41.2 Å². The molecule has 0 spiro atoms. The lowest BCUT2D eigenvalue weighted by atomic mass is 9.99. The second-order valence-electron chi connectivity index (χ2n) is 9.43. The predicted octanol–water partition coefficient (Wildman–Crippen LogP) is 5.27. The molecule has 2 aromatic rings. The molecule has 2 aliphatic rings. The number of phenolic OH excluding ortho intramolecular Hbond substituents is 1. The average molecular weight is 515 g/mol. The third kappa shape index (κ3) is 5.38. The Balaban J connectivity index is 1.68. The van der Waals surface area contributed by atoms with E-state index in [0.717, 1.165) is 0 Å². The zero-order valence-corrected chi connectivity index (χ0v) is 20.2. The quantitative estimate of drug-likeness (QED) is 0.602. The van der Waals surface area contributed by atoms with E-state index in [1.807, 2.05) is 4.90 Å². The molecule has 11 heteroatoms. The molecular weight excluding hydrogens is 489 g/mol. The molecule has 0 aliphatic carbocycles. The molecule has 4 rings (SSSR count). The minimum atomic E-state index is -3.23. The first-order chi connectivity index (χ1) is 16.4. The second-order valence-corrected chi connectivity index (χ2v) is 9.83. The van der Waals surface area contributed by atoms with Crippen molar-refractivity contribution in [3.63, 3.8) is 0 Å². The highest BCUT2D eigenvalue weighted by molar-refractivity contribution is 6.33. The molecule has 0 bridgehead atoms. The maximum Gasteiger partial charge on any atom is 0.410 e. The van der Waals surface area contributed by atoms with Crippen LogP contribution >= 0.6 is 11.6 Å². The summed E-state index contributed by atoms with van der Waals surface area (Å²) in [5, 5.41) is 10.3. The first kappa shape index (κ1) is 25.2. The molecule has 35 heavy (non-hydrogen) atoms. The molecule has 1 saturated heterocycles. The molecule has 7 nitrogen and oxygen atoms in total. The molecule has 190 valence electrons. The highest BCUT2D eigenvalue weighted by atomic mass is 35.5. The van der Waals surface area contributed by atoms with Crippen molar-refractivity contribution < 1.29 is 37.3 Å². The predicted molar refractivity (Wildman–Crippen MR) is 123 cm³/mol. The fraction of sp³-hybridized carbons (Fsp3) is 0.458. The molecule has 0 saturated carbocycles. The minimum absolute atomic E-state index is 0.0398. The van der Waals surface area contributed by atoms with Crippen molar-refractivity contribution >= 4 is 17.7 Å². The van der Waals surface area contributed by atoms with Gasteiger partial charge in [-0.25, -0.2) is 9.18 Å². The molecule has 1 N–H and O–H groups in total. The van der Waals surface area contributed by atoms with Crippen LogP contribution in [-0.4, -0.2) is 65.5 Å². The molecule has 1 atom stereocenters. The van der Waals surface area contributed by atoms with Crippen molar-refractivity contribution in [1.82, 2.24) is 9.80 Å². The van der Waals surface area contributed by atoms with Gasteiger partial charge >= 0.3 is 12.7 Å². The number of carbonyl (C=O) groups excluding carboxylic acids is 1. The van der Waals surface area contributed by atoms with Gasteiger partial charge in [-0.1, -0.05) is 17.7 Å². The van der Waals surface area contributed by atoms with E-state index in [2.05, 4.69) is 4.74 Å². The van der Waals surface area contributed by atoms with E-state index in [-0.39, 0.29) is 35.5 Å². The number of phenols is 1. The first-order valence-corrected chi connectivity index (χ1v) is 11.4. The van der Waals surface area contributed by atoms with E-state index in [1.54, 1.807) is 25.7 Å². The third-order valence-electron chi connectivity index (χ3n) is 5.77. The van der Waals surface area contributed by atoms with Gasteiger partial charge in [0.25, 0.3) is 0 Å². The van der Waals surface area contributed by atoms with Crippen LogP contribution in [0.5, 0.6) is 17.2 Å².